The fourth-order valence-corrected chi connectivity index (χ4v) is 5.51. The van der Waals surface area contributed by atoms with E-state index in [9.17, 15) is 0 Å². The van der Waals surface area contributed by atoms with E-state index in [4.69, 9.17) is 15.0 Å². The molecule has 0 radical (unpaired) electrons. The van der Waals surface area contributed by atoms with Gasteiger partial charge in [0.2, 0.25) is 0 Å². The fraction of sp³-hybridized carbons (Fsp3) is 0.700. The Hall–Kier alpha value is -0.835. The van der Waals surface area contributed by atoms with Crippen molar-refractivity contribution >= 4 is 7.12 Å². The monoisotopic (exact) mass is 327 g/mol. The van der Waals surface area contributed by atoms with Crippen LogP contribution in [0.3, 0.4) is 0 Å². The van der Waals surface area contributed by atoms with Crippen LogP contribution in [0.25, 0.3) is 0 Å². The number of hydrogen-bond acceptors (Lipinski definition) is 3. The lowest BCUT2D eigenvalue weighted by Crippen LogP contribution is -2.65. The summed E-state index contributed by atoms with van der Waals surface area (Å²) in [5.41, 5.74) is 10.6. The molecule has 1 saturated heterocycles. The molecule has 2 bridgehead atoms. The van der Waals surface area contributed by atoms with Gasteiger partial charge in [0.25, 0.3) is 0 Å². The molecular formula is C20H30BNO2. The summed E-state index contributed by atoms with van der Waals surface area (Å²) in [6, 6.07) is 6.56. The number of rotatable bonds is 3. The standard InChI is InChI=1S/C20H30BNO2/c1-12-6-7-14(13(2)8-12)9-18(22)21-23-17-11-15-10-16(19(15,3)4)20(17,5)24-21/h6-8,15-18H,9-11,22H2,1-5H3/t15?,16-,17+,18-,20-/m0/s1. The summed E-state index contributed by atoms with van der Waals surface area (Å²) in [7, 11) is -0.282. The van der Waals surface area contributed by atoms with Gasteiger partial charge in [-0.2, -0.15) is 0 Å². The maximum atomic E-state index is 6.51. The Morgan fingerprint density at radius 2 is 2.00 bits per heavy atom. The van der Waals surface area contributed by atoms with Gasteiger partial charge < -0.3 is 15.0 Å². The molecule has 4 aliphatic rings. The molecule has 4 heteroatoms. The molecule has 24 heavy (non-hydrogen) atoms. The zero-order valence-electron chi connectivity index (χ0n) is 15.6. The van der Waals surface area contributed by atoms with Crippen molar-refractivity contribution in [3.63, 3.8) is 0 Å². The van der Waals surface area contributed by atoms with Crippen molar-refractivity contribution in [3.8, 4) is 0 Å². The highest BCUT2D eigenvalue weighted by molar-refractivity contribution is 6.47. The van der Waals surface area contributed by atoms with Gasteiger partial charge in [-0.25, -0.2) is 0 Å². The Morgan fingerprint density at radius 3 is 2.67 bits per heavy atom. The molecule has 5 atom stereocenters. The van der Waals surface area contributed by atoms with Crippen molar-refractivity contribution in [1.82, 2.24) is 0 Å². The Kier molecular flexibility index (Phi) is 3.69. The molecule has 1 aromatic rings. The number of benzene rings is 1. The van der Waals surface area contributed by atoms with Crippen molar-refractivity contribution in [2.45, 2.75) is 71.5 Å². The highest BCUT2D eigenvalue weighted by atomic mass is 16.7. The lowest BCUT2D eigenvalue weighted by atomic mass is 9.43. The van der Waals surface area contributed by atoms with Crippen molar-refractivity contribution in [1.29, 1.82) is 0 Å². The zero-order chi connectivity index (χ0) is 17.3. The fourth-order valence-electron chi connectivity index (χ4n) is 5.51. The van der Waals surface area contributed by atoms with E-state index < -0.39 is 0 Å². The molecule has 1 unspecified atom stereocenters. The van der Waals surface area contributed by atoms with Gasteiger partial charge in [-0.05, 0) is 68.4 Å². The van der Waals surface area contributed by atoms with Gasteiger partial charge in [0.15, 0.2) is 0 Å². The minimum absolute atomic E-state index is 0.117. The third-order valence-corrected chi connectivity index (χ3v) is 7.27. The molecule has 2 N–H and O–H groups in total. The lowest BCUT2D eigenvalue weighted by molar-refractivity contribution is -0.199. The molecule has 3 saturated carbocycles. The molecule has 1 heterocycles. The molecule has 0 amide bonds. The van der Waals surface area contributed by atoms with Crippen LogP contribution in [0.5, 0.6) is 0 Å². The summed E-state index contributed by atoms with van der Waals surface area (Å²) in [6.45, 7) is 11.3. The maximum absolute atomic E-state index is 6.51. The van der Waals surface area contributed by atoms with E-state index >= 15 is 0 Å². The van der Waals surface area contributed by atoms with Crippen molar-refractivity contribution in [2.75, 3.05) is 0 Å². The van der Waals surface area contributed by atoms with Crippen LogP contribution in [-0.4, -0.2) is 24.8 Å². The normalized spacial score (nSPS) is 37.8. The van der Waals surface area contributed by atoms with Crippen LogP contribution in [0.1, 0.15) is 50.3 Å². The van der Waals surface area contributed by atoms with E-state index in [-0.39, 0.29) is 24.8 Å². The summed E-state index contributed by atoms with van der Waals surface area (Å²) in [5.74, 6) is 1.25. The van der Waals surface area contributed by atoms with E-state index in [1.54, 1.807) is 0 Å². The highest BCUT2D eigenvalue weighted by Gasteiger charge is 2.68. The van der Waals surface area contributed by atoms with Gasteiger partial charge in [0.05, 0.1) is 11.7 Å². The Balaban J connectivity index is 1.48. The van der Waals surface area contributed by atoms with Crippen molar-refractivity contribution in [3.05, 3.63) is 34.9 Å². The number of nitrogens with two attached hydrogens (primary N) is 1. The predicted octanol–water partition coefficient (Wildman–Crippen LogP) is 3.44. The molecule has 130 valence electrons. The van der Waals surface area contributed by atoms with E-state index in [1.165, 1.54) is 23.1 Å². The minimum atomic E-state index is -0.282. The van der Waals surface area contributed by atoms with E-state index in [1.807, 2.05) is 0 Å². The first-order valence-corrected chi connectivity index (χ1v) is 9.37. The van der Waals surface area contributed by atoms with Gasteiger partial charge in [-0.1, -0.05) is 37.6 Å². The van der Waals surface area contributed by atoms with Gasteiger partial charge in [-0.15, -0.1) is 0 Å². The lowest BCUT2D eigenvalue weighted by Gasteiger charge is -2.64. The van der Waals surface area contributed by atoms with Crippen molar-refractivity contribution < 1.29 is 9.31 Å². The SMILES string of the molecule is Cc1ccc(C[C@H](N)B2O[C@@H]3CC4C[C@@H](C4(C)C)[C@]3(C)O2)c(C)c1. The second kappa shape index (κ2) is 5.33. The summed E-state index contributed by atoms with van der Waals surface area (Å²) < 4.78 is 12.8. The van der Waals surface area contributed by atoms with E-state index in [0.717, 1.165) is 18.8 Å². The summed E-state index contributed by atoms with van der Waals surface area (Å²) in [5, 5.41) is 0. The Morgan fingerprint density at radius 1 is 1.25 bits per heavy atom. The third-order valence-electron chi connectivity index (χ3n) is 7.27. The minimum Gasteiger partial charge on any atom is -0.404 e. The second-order valence-electron chi connectivity index (χ2n) is 9.14. The first-order valence-electron chi connectivity index (χ1n) is 9.37. The van der Waals surface area contributed by atoms with Gasteiger partial charge >= 0.3 is 7.12 Å². The molecule has 1 aliphatic heterocycles. The molecule has 5 rings (SSSR count). The van der Waals surface area contributed by atoms with Crippen molar-refractivity contribution in [2.24, 2.45) is 23.0 Å². The Bertz CT molecular complexity index is 661. The smallest absolute Gasteiger partial charge is 0.404 e. The van der Waals surface area contributed by atoms with Crippen LogP contribution in [0.15, 0.2) is 18.2 Å². The molecule has 3 nitrogen and oxygen atoms in total. The Labute approximate surface area is 146 Å². The molecule has 4 fully saturated rings. The zero-order valence-corrected chi connectivity index (χ0v) is 15.6. The molecule has 3 aliphatic carbocycles. The summed E-state index contributed by atoms with van der Waals surface area (Å²) in [6.07, 6.45) is 3.41. The summed E-state index contributed by atoms with van der Waals surface area (Å²) in [4.78, 5) is 0. The predicted molar refractivity (Wildman–Crippen MR) is 97.7 cm³/mol. The van der Waals surface area contributed by atoms with E-state index in [2.05, 4.69) is 52.8 Å². The number of aryl methyl sites for hydroxylation is 2. The maximum Gasteiger partial charge on any atom is 0.475 e. The summed E-state index contributed by atoms with van der Waals surface area (Å²) >= 11 is 0. The van der Waals surface area contributed by atoms with Crippen LogP contribution in [0.2, 0.25) is 0 Å². The average Bonchev–Trinajstić information content (AvgIpc) is 2.86. The van der Waals surface area contributed by atoms with Crippen LogP contribution in [-0.2, 0) is 15.7 Å². The first-order chi connectivity index (χ1) is 11.2. The second-order valence-corrected chi connectivity index (χ2v) is 9.14. The third kappa shape index (κ3) is 2.30. The molecule has 1 aromatic carbocycles. The first kappa shape index (κ1) is 16.6. The topological polar surface area (TPSA) is 44.5 Å². The van der Waals surface area contributed by atoms with E-state index in [0.29, 0.717) is 11.3 Å². The molecule has 0 spiro atoms. The molecular weight excluding hydrogens is 297 g/mol. The number of hydrogen-bond donors (Lipinski definition) is 1. The van der Waals surface area contributed by atoms with Crippen LogP contribution >= 0.6 is 0 Å². The van der Waals surface area contributed by atoms with Crippen LogP contribution in [0.4, 0.5) is 0 Å². The van der Waals surface area contributed by atoms with Crippen LogP contribution in [0, 0.1) is 31.1 Å². The quantitative estimate of drug-likeness (QED) is 0.865. The largest absolute Gasteiger partial charge is 0.475 e. The molecule has 0 aromatic heterocycles. The van der Waals surface area contributed by atoms with Crippen LogP contribution < -0.4 is 5.73 Å². The van der Waals surface area contributed by atoms with Gasteiger partial charge in [0.1, 0.15) is 0 Å². The highest BCUT2D eigenvalue weighted by Crippen LogP contribution is 2.65. The average molecular weight is 327 g/mol. The van der Waals surface area contributed by atoms with Gasteiger partial charge in [0, 0.05) is 5.94 Å². The van der Waals surface area contributed by atoms with Gasteiger partial charge in [-0.3, -0.25) is 0 Å².